The monoisotopic (exact) mass is 280 g/mol. The fourth-order valence-corrected chi connectivity index (χ4v) is 3.24. The van der Waals surface area contributed by atoms with Gasteiger partial charge in [0, 0.05) is 15.3 Å². The van der Waals surface area contributed by atoms with E-state index in [9.17, 15) is 4.79 Å². The van der Waals surface area contributed by atoms with Crippen molar-refractivity contribution in [3.63, 3.8) is 0 Å². The van der Waals surface area contributed by atoms with Crippen molar-refractivity contribution in [1.82, 2.24) is 0 Å². The van der Waals surface area contributed by atoms with E-state index in [0.29, 0.717) is 4.34 Å². The van der Waals surface area contributed by atoms with Gasteiger partial charge in [0.05, 0.1) is 5.92 Å². The molecule has 0 spiro atoms. The van der Waals surface area contributed by atoms with E-state index >= 15 is 0 Å². The van der Waals surface area contributed by atoms with Crippen LogP contribution in [0.15, 0.2) is 10.5 Å². The minimum atomic E-state index is -0.703. The zero-order valence-electron chi connectivity index (χ0n) is 6.46. The molecule has 1 fully saturated rings. The van der Waals surface area contributed by atoms with Gasteiger partial charge in [-0.25, -0.2) is 0 Å². The molecular weight excluding hydrogens is 276 g/mol. The second kappa shape index (κ2) is 3.26. The van der Waals surface area contributed by atoms with Crippen LogP contribution >= 0.6 is 38.9 Å². The summed E-state index contributed by atoms with van der Waals surface area (Å²) in [7, 11) is 0. The summed E-state index contributed by atoms with van der Waals surface area (Å²) >= 11 is 10.6. The molecule has 2 atom stereocenters. The van der Waals surface area contributed by atoms with Gasteiger partial charge in [-0.2, -0.15) is 0 Å². The van der Waals surface area contributed by atoms with Gasteiger partial charge in [0.15, 0.2) is 0 Å². The second-order valence-corrected chi connectivity index (χ2v) is 5.60. The number of carboxylic acids is 1. The number of hydrogen-bond donors (Lipinski definition) is 1. The molecule has 0 aliphatic heterocycles. The molecule has 1 saturated carbocycles. The van der Waals surface area contributed by atoms with Gasteiger partial charge >= 0.3 is 5.97 Å². The van der Waals surface area contributed by atoms with Gasteiger partial charge in [-0.15, -0.1) is 11.3 Å². The van der Waals surface area contributed by atoms with Crippen LogP contribution in [-0.2, 0) is 4.79 Å². The molecule has 0 amide bonds. The average molecular weight is 282 g/mol. The van der Waals surface area contributed by atoms with Crippen molar-refractivity contribution in [3.8, 4) is 0 Å². The lowest BCUT2D eigenvalue weighted by molar-refractivity contribution is -0.138. The summed E-state index contributed by atoms with van der Waals surface area (Å²) < 4.78 is 1.57. The molecule has 13 heavy (non-hydrogen) atoms. The first-order valence-corrected chi connectivity index (χ1v) is 5.76. The average Bonchev–Trinajstić information content (AvgIpc) is 2.76. The molecule has 1 aromatic rings. The molecule has 5 heteroatoms. The first kappa shape index (κ1) is 9.49. The van der Waals surface area contributed by atoms with E-state index < -0.39 is 5.97 Å². The maximum Gasteiger partial charge on any atom is 0.307 e. The highest BCUT2D eigenvalue weighted by Crippen LogP contribution is 2.51. The molecule has 1 aliphatic rings. The van der Waals surface area contributed by atoms with Crippen molar-refractivity contribution < 1.29 is 9.90 Å². The van der Waals surface area contributed by atoms with E-state index in [2.05, 4.69) is 15.9 Å². The van der Waals surface area contributed by atoms with Gasteiger partial charge in [-0.1, -0.05) is 11.6 Å². The van der Waals surface area contributed by atoms with Gasteiger partial charge < -0.3 is 5.11 Å². The lowest BCUT2D eigenvalue weighted by atomic mass is 10.3. The third kappa shape index (κ3) is 1.75. The largest absolute Gasteiger partial charge is 0.481 e. The number of thiophene rings is 1. The molecule has 0 aromatic carbocycles. The van der Waals surface area contributed by atoms with Crippen LogP contribution in [0.3, 0.4) is 0 Å². The fourth-order valence-electron chi connectivity index (χ4n) is 1.33. The molecule has 2 nitrogen and oxygen atoms in total. The minimum Gasteiger partial charge on any atom is -0.481 e. The van der Waals surface area contributed by atoms with Crippen LogP contribution < -0.4 is 0 Å². The van der Waals surface area contributed by atoms with Crippen molar-refractivity contribution in [1.29, 1.82) is 0 Å². The highest BCUT2D eigenvalue weighted by Gasteiger charge is 2.45. The Kier molecular flexibility index (Phi) is 2.38. The summed E-state index contributed by atoms with van der Waals surface area (Å²) in [4.78, 5) is 11.7. The van der Waals surface area contributed by atoms with Gasteiger partial charge in [-0.3, -0.25) is 4.79 Å². The topological polar surface area (TPSA) is 37.3 Å². The smallest absolute Gasteiger partial charge is 0.307 e. The van der Waals surface area contributed by atoms with E-state index in [0.717, 1.165) is 15.8 Å². The predicted molar refractivity (Wildman–Crippen MR) is 55.5 cm³/mol. The lowest BCUT2D eigenvalue weighted by Gasteiger charge is -1.89. The molecule has 0 unspecified atom stereocenters. The standard InChI is InChI=1S/C8H6BrClO2S/c9-5-2-6(13-7(5)10)3-1-4(3)8(11)12/h2-4H,1H2,(H,11,12)/t3-,4-/m1/s1. The summed E-state index contributed by atoms with van der Waals surface area (Å²) in [6.07, 6.45) is 0.749. The van der Waals surface area contributed by atoms with E-state index in [1.165, 1.54) is 11.3 Å². The zero-order chi connectivity index (χ0) is 9.59. The summed E-state index contributed by atoms with van der Waals surface area (Å²) in [5.74, 6) is -0.710. The molecule has 1 heterocycles. The maximum absolute atomic E-state index is 10.6. The Bertz CT molecular complexity index is 344. The summed E-state index contributed by atoms with van der Waals surface area (Å²) in [5, 5.41) is 8.72. The van der Waals surface area contributed by atoms with Gasteiger partial charge in [0.1, 0.15) is 4.34 Å². The van der Waals surface area contributed by atoms with Crippen molar-refractivity contribution in [2.24, 2.45) is 5.92 Å². The van der Waals surface area contributed by atoms with Gasteiger partial charge in [-0.05, 0) is 28.4 Å². The number of halogens is 2. The molecular formula is C8H6BrClO2S. The zero-order valence-corrected chi connectivity index (χ0v) is 9.62. The van der Waals surface area contributed by atoms with Crippen molar-refractivity contribution in [2.45, 2.75) is 12.3 Å². The van der Waals surface area contributed by atoms with Gasteiger partial charge in [0.2, 0.25) is 0 Å². The van der Waals surface area contributed by atoms with E-state index in [1.807, 2.05) is 6.07 Å². The Hall–Kier alpha value is -0.0600. The minimum absolute atomic E-state index is 0.186. The lowest BCUT2D eigenvalue weighted by Crippen LogP contribution is -1.97. The van der Waals surface area contributed by atoms with E-state index in [1.54, 1.807) is 0 Å². The summed E-state index contributed by atoms with van der Waals surface area (Å²) in [5.41, 5.74) is 0. The molecule has 1 aromatic heterocycles. The molecule has 1 aliphatic carbocycles. The quantitative estimate of drug-likeness (QED) is 0.902. The third-order valence-electron chi connectivity index (χ3n) is 2.14. The Labute approximate surface area is 92.7 Å². The van der Waals surface area contributed by atoms with E-state index in [4.69, 9.17) is 16.7 Å². The highest BCUT2D eigenvalue weighted by atomic mass is 79.9. The molecule has 70 valence electrons. The molecule has 0 saturated heterocycles. The van der Waals surface area contributed by atoms with Crippen LogP contribution in [0, 0.1) is 5.92 Å². The Morgan fingerprint density at radius 2 is 2.46 bits per heavy atom. The number of hydrogen-bond acceptors (Lipinski definition) is 2. The number of rotatable bonds is 2. The Morgan fingerprint density at radius 1 is 1.77 bits per heavy atom. The Balaban J connectivity index is 2.16. The number of carbonyl (C=O) groups is 1. The Morgan fingerprint density at radius 3 is 2.85 bits per heavy atom. The summed E-state index contributed by atoms with van der Waals surface area (Å²) in [6, 6.07) is 1.92. The SMILES string of the molecule is O=C(O)[C@@H]1C[C@H]1c1cc(Br)c(Cl)s1. The first-order valence-electron chi connectivity index (χ1n) is 3.77. The molecule has 0 radical (unpaired) electrons. The van der Waals surface area contributed by atoms with Crippen molar-refractivity contribution in [2.75, 3.05) is 0 Å². The van der Waals surface area contributed by atoms with E-state index in [-0.39, 0.29) is 11.8 Å². The van der Waals surface area contributed by atoms with Crippen molar-refractivity contribution >= 4 is 44.8 Å². The van der Waals surface area contributed by atoms with Crippen LogP contribution in [0.25, 0.3) is 0 Å². The maximum atomic E-state index is 10.6. The van der Waals surface area contributed by atoms with Crippen LogP contribution in [0.2, 0.25) is 4.34 Å². The van der Waals surface area contributed by atoms with Crippen LogP contribution in [0.1, 0.15) is 17.2 Å². The fraction of sp³-hybridized carbons (Fsp3) is 0.375. The first-order chi connectivity index (χ1) is 6.09. The molecule has 1 N–H and O–H groups in total. The molecule has 0 bridgehead atoms. The predicted octanol–water partition coefficient (Wildman–Crippen LogP) is 3.35. The highest BCUT2D eigenvalue weighted by molar-refractivity contribution is 9.10. The van der Waals surface area contributed by atoms with Crippen molar-refractivity contribution in [3.05, 3.63) is 19.8 Å². The third-order valence-corrected chi connectivity index (χ3v) is 4.74. The normalized spacial score (nSPS) is 26.0. The van der Waals surface area contributed by atoms with Crippen LogP contribution in [0.5, 0.6) is 0 Å². The number of carboxylic acid groups (broad SMARTS) is 1. The van der Waals surface area contributed by atoms with Crippen LogP contribution in [0.4, 0.5) is 0 Å². The second-order valence-electron chi connectivity index (χ2n) is 3.06. The summed E-state index contributed by atoms with van der Waals surface area (Å²) in [6.45, 7) is 0. The van der Waals surface area contributed by atoms with Crippen LogP contribution in [-0.4, -0.2) is 11.1 Å². The molecule has 2 rings (SSSR count). The number of aliphatic carboxylic acids is 1. The van der Waals surface area contributed by atoms with Gasteiger partial charge in [0.25, 0.3) is 0 Å².